The third kappa shape index (κ3) is 13.4. The molecule has 0 rings (SSSR count). The fraction of sp³-hybridized carbons (Fsp3) is 0.778. The van der Waals surface area contributed by atoms with Gasteiger partial charge in [-0.1, -0.05) is 20.8 Å². The first kappa shape index (κ1) is 35.8. The van der Waals surface area contributed by atoms with E-state index in [4.69, 9.17) is 18.9 Å². The molecule has 0 N–H and O–H groups in total. The molecule has 224 valence electrons. The van der Waals surface area contributed by atoms with Gasteiger partial charge in [0.15, 0.2) is 0 Å². The summed E-state index contributed by atoms with van der Waals surface area (Å²) in [6.45, 7) is 14.2. The number of carbonyl (C=O) groups excluding carboxylic acids is 6. The lowest BCUT2D eigenvalue weighted by molar-refractivity contribution is -0.165. The van der Waals surface area contributed by atoms with Crippen LogP contribution in [0.4, 0.5) is 0 Å². The molecule has 0 unspecified atom stereocenters. The summed E-state index contributed by atoms with van der Waals surface area (Å²) in [6.07, 6.45) is 1.33. The average molecular weight is 559 g/mol. The monoisotopic (exact) mass is 558 g/mol. The Balaban J connectivity index is 4.61. The molecule has 0 heterocycles. The van der Waals surface area contributed by atoms with E-state index in [1.807, 2.05) is 0 Å². The standard InChI is InChI=1S/C27H46N2O10/c1-9-21(32)36-14-10-28(19-30)13-17-39-24(35)27(7,8)26(5,6)18-22(33)37-15-11-29(20-31)12-16-38-23(34)25(2,3)4/h19-20H,9-18H2,1-8H3. The Hall–Kier alpha value is -3.18. The Morgan fingerprint density at radius 3 is 1.38 bits per heavy atom. The minimum Gasteiger partial charge on any atom is -0.464 e. The van der Waals surface area contributed by atoms with Crippen LogP contribution in [-0.4, -0.2) is 99.1 Å². The predicted molar refractivity (Wildman–Crippen MR) is 141 cm³/mol. The van der Waals surface area contributed by atoms with Crippen LogP contribution in [0.2, 0.25) is 0 Å². The summed E-state index contributed by atoms with van der Waals surface area (Å²) < 4.78 is 20.7. The molecule has 0 atom stereocenters. The smallest absolute Gasteiger partial charge is 0.312 e. The van der Waals surface area contributed by atoms with Crippen molar-refractivity contribution in [2.75, 3.05) is 52.6 Å². The van der Waals surface area contributed by atoms with E-state index in [1.54, 1.807) is 55.4 Å². The Kier molecular flexibility index (Phi) is 15.3. The first-order chi connectivity index (χ1) is 18.0. The highest BCUT2D eigenvalue weighted by Gasteiger charge is 2.46. The minimum absolute atomic E-state index is 0.0308. The van der Waals surface area contributed by atoms with Gasteiger partial charge < -0.3 is 28.7 Å². The molecule has 12 heteroatoms. The normalized spacial score (nSPS) is 11.7. The zero-order valence-corrected chi connectivity index (χ0v) is 24.7. The maximum atomic E-state index is 12.8. The average Bonchev–Trinajstić information content (AvgIpc) is 2.85. The van der Waals surface area contributed by atoms with Gasteiger partial charge in [-0.15, -0.1) is 0 Å². The van der Waals surface area contributed by atoms with E-state index in [-0.39, 0.29) is 77.4 Å². The molecule has 0 aromatic heterocycles. The molecule has 0 saturated carbocycles. The highest BCUT2D eigenvalue weighted by Crippen LogP contribution is 2.42. The van der Waals surface area contributed by atoms with Gasteiger partial charge >= 0.3 is 23.9 Å². The molecule has 0 saturated heterocycles. The van der Waals surface area contributed by atoms with E-state index in [0.29, 0.717) is 12.8 Å². The molecule has 0 aliphatic rings. The molecule has 0 bridgehead atoms. The van der Waals surface area contributed by atoms with E-state index in [2.05, 4.69) is 0 Å². The molecular formula is C27H46N2O10. The SMILES string of the molecule is CCC(=O)OCCN(C=O)CCOC(=O)C(C)(C)C(C)(C)CC(=O)OCCN(C=O)CCOC(=O)C(C)(C)C. The van der Waals surface area contributed by atoms with Crippen LogP contribution in [0.15, 0.2) is 0 Å². The second-order valence-electron chi connectivity index (χ2n) is 11.3. The second-order valence-corrected chi connectivity index (χ2v) is 11.3. The topological polar surface area (TPSA) is 146 Å². The van der Waals surface area contributed by atoms with Crippen molar-refractivity contribution in [3.63, 3.8) is 0 Å². The first-order valence-electron chi connectivity index (χ1n) is 13.1. The second kappa shape index (κ2) is 16.7. The predicted octanol–water partition coefficient (Wildman–Crippen LogP) is 1.97. The summed E-state index contributed by atoms with van der Waals surface area (Å²) in [5, 5.41) is 0. The lowest BCUT2D eigenvalue weighted by atomic mass is 9.66. The van der Waals surface area contributed by atoms with E-state index >= 15 is 0 Å². The van der Waals surface area contributed by atoms with Crippen LogP contribution >= 0.6 is 0 Å². The third-order valence-corrected chi connectivity index (χ3v) is 6.49. The van der Waals surface area contributed by atoms with E-state index in [0.717, 1.165) is 0 Å². The van der Waals surface area contributed by atoms with Gasteiger partial charge in [0.1, 0.15) is 26.4 Å². The lowest BCUT2D eigenvalue weighted by Gasteiger charge is -2.38. The van der Waals surface area contributed by atoms with Crippen molar-refractivity contribution in [2.45, 2.75) is 68.2 Å². The highest BCUT2D eigenvalue weighted by atomic mass is 16.5. The number of amides is 2. The van der Waals surface area contributed by atoms with Crippen molar-refractivity contribution in [1.29, 1.82) is 0 Å². The van der Waals surface area contributed by atoms with Gasteiger partial charge in [-0.3, -0.25) is 28.8 Å². The third-order valence-electron chi connectivity index (χ3n) is 6.49. The van der Waals surface area contributed by atoms with E-state index in [1.165, 1.54) is 9.80 Å². The van der Waals surface area contributed by atoms with Crippen molar-refractivity contribution in [3.05, 3.63) is 0 Å². The van der Waals surface area contributed by atoms with E-state index < -0.39 is 28.2 Å². The summed E-state index contributed by atoms with van der Waals surface area (Å²) in [6, 6.07) is 0. The van der Waals surface area contributed by atoms with Crippen LogP contribution in [0.1, 0.15) is 68.2 Å². The van der Waals surface area contributed by atoms with Crippen LogP contribution < -0.4 is 0 Å². The van der Waals surface area contributed by atoms with Crippen LogP contribution in [0.25, 0.3) is 0 Å². The summed E-state index contributed by atoms with van der Waals surface area (Å²) >= 11 is 0. The Morgan fingerprint density at radius 2 is 1.00 bits per heavy atom. The van der Waals surface area contributed by atoms with Gasteiger partial charge in [0.05, 0.1) is 43.4 Å². The van der Waals surface area contributed by atoms with Gasteiger partial charge in [-0.2, -0.15) is 0 Å². The maximum Gasteiger partial charge on any atom is 0.312 e. The first-order valence-corrected chi connectivity index (χ1v) is 13.1. The molecule has 0 aromatic carbocycles. The molecule has 0 aromatic rings. The van der Waals surface area contributed by atoms with E-state index in [9.17, 15) is 28.8 Å². The molecule has 12 nitrogen and oxygen atoms in total. The quantitative estimate of drug-likeness (QED) is 0.131. The summed E-state index contributed by atoms with van der Waals surface area (Å²) in [5.41, 5.74) is -2.55. The minimum atomic E-state index is -1.07. The number of nitrogens with zero attached hydrogens (tertiary/aromatic N) is 2. The molecule has 2 amide bonds. The lowest BCUT2D eigenvalue weighted by Crippen LogP contribution is -2.43. The number of rotatable bonds is 19. The highest BCUT2D eigenvalue weighted by molar-refractivity contribution is 5.79. The zero-order chi connectivity index (χ0) is 30.3. The number of esters is 4. The zero-order valence-electron chi connectivity index (χ0n) is 24.7. The Morgan fingerprint density at radius 1 is 0.615 bits per heavy atom. The van der Waals surface area contributed by atoms with Crippen LogP contribution in [0.3, 0.4) is 0 Å². The number of hydrogen-bond acceptors (Lipinski definition) is 10. The van der Waals surface area contributed by atoms with Crippen LogP contribution in [0.5, 0.6) is 0 Å². The Labute approximate surface area is 231 Å². The van der Waals surface area contributed by atoms with Gasteiger partial charge in [-0.05, 0) is 40.0 Å². The van der Waals surface area contributed by atoms with Crippen molar-refractivity contribution < 1.29 is 47.7 Å². The summed E-state index contributed by atoms with van der Waals surface area (Å²) in [5.74, 6) is -1.83. The van der Waals surface area contributed by atoms with Gasteiger partial charge in [0, 0.05) is 6.42 Å². The van der Waals surface area contributed by atoms with Crippen LogP contribution in [0, 0.1) is 16.2 Å². The van der Waals surface area contributed by atoms with Crippen molar-refractivity contribution in [2.24, 2.45) is 16.2 Å². The fourth-order valence-electron chi connectivity index (χ4n) is 2.91. The van der Waals surface area contributed by atoms with Gasteiger partial charge in [0.2, 0.25) is 12.8 Å². The molecule has 39 heavy (non-hydrogen) atoms. The molecule has 0 radical (unpaired) electrons. The summed E-state index contributed by atoms with van der Waals surface area (Å²) in [7, 11) is 0. The summed E-state index contributed by atoms with van der Waals surface area (Å²) in [4.78, 5) is 73.5. The van der Waals surface area contributed by atoms with Gasteiger partial charge in [0.25, 0.3) is 0 Å². The van der Waals surface area contributed by atoms with Crippen LogP contribution in [-0.2, 0) is 47.7 Å². The van der Waals surface area contributed by atoms with Crippen molar-refractivity contribution in [1.82, 2.24) is 9.80 Å². The number of hydrogen-bond donors (Lipinski definition) is 0. The van der Waals surface area contributed by atoms with Crippen molar-refractivity contribution >= 4 is 36.7 Å². The molecule has 0 spiro atoms. The van der Waals surface area contributed by atoms with Crippen molar-refractivity contribution in [3.8, 4) is 0 Å². The largest absolute Gasteiger partial charge is 0.464 e. The number of carbonyl (C=O) groups is 6. The molecule has 0 aliphatic carbocycles. The number of ether oxygens (including phenoxy) is 4. The van der Waals surface area contributed by atoms with Gasteiger partial charge in [-0.25, -0.2) is 0 Å². The molecule has 0 fully saturated rings. The molecule has 0 aliphatic heterocycles. The fourth-order valence-corrected chi connectivity index (χ4v) is 2.91. The Bertz CT molecular complexity index is 833. The molecular weight excluding hydrogens is 512 g/mol. The maximum absolute atomic E-state index is 12.8.